The Balaban J connectivity index is 2.82. The van der Waals surface area contributed by atoms with Crippen LogP contribution in [-0.2, 0) is 11.2 Å². The number of hydrogen-bond donors (Lipinski definition) is 2. The van der Waals surface area contributed by atoms with Crippen LogP contribution in [0.5, 0.6) is 0 Å². The molecule has 0 saturated heterocycles. The average molecular weight is 263 g/mol. The Bertz CT molecular complexity index is 398. The van der Waals surface area contributed by atoms with Crippen molar-refractivity contribution in [3.63, 3.8) is 0 Å². The largest absolute Gasteiger partial charge is 0.480 e. The molecule has 0 spiro atoms. The van der Waals surface area contributed by atoms with Gasteiger partial charge in [0.25, 0.3) is 0 Å². The van der Waals surface area contributed by atoms with Gasteiger partial charge >= 0.3 is 5.97 Å². The minimum atomic E-state index is -0.822. The standard InChI is InChI=1S/C16H25NO2/c1-5-12(4)17-15(16(18)19)14-8-6-13(7-9-14)10-11(2)3/h6-9,11-12,15,17H,5,10H2,1-4H3,(H,18,19). The fraction of sp³-hybridized carbons (Fsp3) is 0.562. The molecule has 0 bridgehead atoms. The second-order valence-corrected chi connectivity index (χ2v) is 5.59. The molecule has 0 aliphatic rings. The van der Waals surface area contributed by atoms with E-state index < -0.39 is 12.0 Å². The lowest BCUT2D eigenvalue weighted by molar-refractivity contribution is -0.139. The lowest BCUT2D eigenvalue weighted by atomic mass is 9.99. The number of aliphatic carboxylic acids is 1. The van der Waals surface area contributed by atoms with Gasteiger partial charge in [0.05, 0.1) is 0 Å². The van der Waals surface area contributed by atoms with E-state index >= 15 is 0 Å². The number of rotatable bonds is 7. The summed E-state index contributed by atoms with van der Waals surface area (Å²) in [6.45, 7) is 8.41. The third kappa shape index (κ3) is 5.03. The molecule has 2 unspecified atom stereocenters. The highest BCUT2D eigenvalue weighted by Gasteiger charge is 2.20. The summed E-state index contributed by atoms with van der Waals surface area (Å²) in [5.41, 5.74) is 2.08. The molecule has 0 saturated carbocycles. The van der Waals surface area contributed by atoms with Crippen LogP contribution in [0.15, 0.2) is 24.3 Å². The zero-order chi connectivity index (χ0) is 14.4. The number of carboxylic acid groups (broad SMARTS) is 1. The predicted molar refractivity (Wildman–Crippen MR) is 78.2 cm³/mol. The maximum absolute atomic E-state index is 11.4. The molecule has 0 aromatic heterocycles. The Morgan fingerprint density at radius 3 is 2.21 bits per heavy atom. The first-order chi connectivity index (χ1) is 8.93. The molecule has 0 amide bonds. The minimum Gasteiger partial charge on any atom is -0.480 e. The maximum atomic E-state index is 11.4. The number of hydrogen-bond acceptors (Lipinski definition) is 2. The molecular formula is C16H25NO2. The van der Waals surface area contributed by atoms with E-state index in [9.17, 15) is 9.90 Å². The molecule has 1 aromatic rings. The molecule has 106 valence electrons. The zero-order valence-electron chi connectivity index (χ0n) is 12.3. The number of carbonyl (C=O) groups is 1. The highest BCUT2D eigenvalue weighted by Crippen LogP contribution is 2.17. The Kier molecular flexibility index (Phi) is 6.03. The summed E-state index contributed by atoms with van der Waals surface area (Å²) in [7, 11) is 0. The van der Waals surface area contributed by atoms with Gasteiger partial charge in [-0.1, -0.05) is 45.0 Å². The van der Waals surface area contributed by atoms with E-state index in [2.05, 4.69) is 19.2 Å². The van der Waals surface area contributed by atoms with E-state index in [-0.39, 0.29) is 6.04 Å². The van der Waals surface area contributed by atoms with Gasteiger partial charge in [-0.05, 0) is 36.8 Å². The quantitative estimate of drug-likeness (QED) is 0.792. The van der Waals surface area contributed by atoms with E-state index in [4.69, 9.17) is 0 Å². The van der Waals surface area contributed by atoms with Crippen molar-refractivity contribution in [3.05, 3.63) is 35.4 Å². The summed E-state index contributed by atoms with van der Waals surface area (Å²) in [5, 5.41) is 12.5. The van der Waals surface area contributed by atoms with Crippen LogP contribution in [-0.4, -0.2) is 17.1 Å². The number of nitrogens with one attached hydrogen (secondary N) is 1. The SMILES string of the molecule is CCC(C)NC(C(=O)O)c1ccc(CC(C)C)cc1. The molecule has 1 rings (SSSR count). The molecule has 3 heteroatoms. The summed E-state index contributed by atoms with van der Waals surface area (Å²) in [4.78, 5) is 11.4. The molecule has 2 N–H and O–H groups in total. The Morgan fingerprint density at radius 2 is 1.79 bits per heavy atom. The highest BCUT2D eigenvalue weighted by atomic mass is 16.4. The summed E-state index contributed by atoms with van der Waals surface area (Å²) >= 11 is 0. The predicted octanol–water partition coefficient (Wildman–Crippen LogP) is 3.40. The molecule has 3 nitrogen and oxygen atoms in total. The molecular weight excluding hydrogens is 238 g/mol. The van der Waals surface area contributed by atoms with Crippen LogP contribution in [0, 0.1) is 5.92 Å². The summed E-state index contributed by atoms with van der Waals surface area (Å²) < 4.78 is 0. The zero-order valence-corrected chi connectivity index (χ0v) is 12.3. The first kappa shape index (κ1) is 15.7. The van der Waals surface area contributed by atoms with E-state index in [0.29, 0.717) is 5.92 Å². The molecule has 0 aliphatic carbocycles. The fourth-order valence-corrected chi connectivity index (χ4v) is 2.03. The Hall–Kier alpha value is -1.35. The summed E-state index contributed by atoms with van der Waals surface area (Å²) in [6.07, 6.45) is 1.94. The van der Waals surface area contributed by atoms with E-state index in [1.807, 2.05) is 38.1 Å². The Labute approximate surface area is 116 Å². The monoisotopic (exact) mass is 263 g/mol. The van der Waals surface area contributed by atoms with Crippen molar-refractivity contribution >= 4 is 5.97 Å². The highest BCUT2D eigenvalue weighted by molar-refractivity contribution is 5.75. The number of benzene rings is 1. The molecule has 0 aliphatic heterocycles. The van der Waals surface area contributed by atoms with Gasteiger partial charge in [0.2, 0.25) is 0 Å². The molecule has 0 heterocycles. The van der Waals surface area contributed by atoms with Crippen LogP contribution in [0.25, 0.3) is 0 Å². The first-order valence-electron chi connectivity index (χ1n) is 7.01. The summed E-state index contributed by atoms with van der Waals surface area (Å²) in [6, 6.07) is 7.48. The summed E-state index contributed by atoms with van der Waals surface area (Å²) in [5.74, 6) is -0.212. The van der Waals surface area contributed by atoms with Gasteiger partial charge in [-0.25, -0.2) is 0 Å². The smallest absolute Gasteiger partial charge is 0.325 e. The van der Waals surface area contributed by atoms with Crippen molar-refractivity contribution in [3.8, 4) is 0 Å². The van der Waals surface area contributed by atoms with Crippen LogP contribution >= 0.6 is 0 Å². The van der Waals surface area contributed by atoms with Crippen molar-refractivity contribution in [1.29, 1.82) is 0 Å². The van der Waals surface area contributed by atoms with Crippen LogP contribution in [0.3, 0.4) is 0 Å². The van der Waals surface area contributed by atoms with Crippen molar-refractivity contribution in [2.24, 2.45) is 5.92 Å². The second-order valence-electron chi connectivity index (χ2n) is 5.59. The first-order valence-corrected chi connectivity index (χ1v) is 7.01. The van der Waals surface area contributed by atoms with Crippen LogP contribution in [0.1, 0.15) is 51.3 Å². The van der Waals surface area contributed by atoms with Gasteiger partial charge in [0.1, 0.15) is 6.04 Å². The number of carboxylic acids is 1. The topological polar surface area (TPSA) is 49.3 Å². The van der Waals surface area contributed by atoms with Gasteiger partial charge < -0.3 is 5.11 Å². The molecule has 1 aromatic carbocycles. The third-order valence-corrected chi connectivity index (χ3v) is 3.27. The maximum Gasteiger partial charge on any atom is 0.325 e. The van der Waals surface area contributed by atoms with E-state index in [1.54, 1.807) is 0 Å². The Morgan fingerprint density at radius 1 is 1.21 bits per heavy atom. The fourth-order valence-electron chi connectivity index (χ4n) is 2.03. The van der Waals surface area contributed by atoms with E-state index in [1.165, 1.54) is 5.56 Å². The van der Waals surface area contributed by atoms with Crippen molar-refractivity contribution < 1.29 is 9.90 Å². The van der Waals surface area contributed by atoms with Gasteiger partial charge in [0.15, 0.2) is 0 Å². The lowest BCUT2D eigenvalue weighted by Gasteiger charge is -2.19. The van der Waals surface area contributed by atoms with Crippen molar-refractivity contribution in [2.75, 3.05) is 0 Å². The molecule has 0 radical (unpaired) electrons. The average Bonchev–Trinajstić information content (AvgIpc) is 2.35. The van der Waals surface area contributed by atoms with Gasteiger partial charge in [-0.2, -0.15) is 0 Å². The molecule has 19 heavy (non-hydrogen) atoms. The minimum absolute atomic E-state index is 0.191. The van der Waals surface area contributed by atoms with Crippen LogP contribution in [0.4, 0.5) is 0 Å². The van der Waals surface area contributed by atoms with Gasteiger partial charge in [-0.15, -0.1) is 0 Å². The lowest BCUT2D eigenvalue weighted by Crippen LogP contribution is -2.34. The second kappa shape index (κ2) is 7.29. The van der Waals surface area contributed by atoms with E-state index in [0.717, 1.165) is 18.4 Å². The van der Waals surface area contributed by atoms with Crippen molar-refractivity contribution in [2.45, 2.75) is 52.6 Å². The normalized spacial score (nSPS) is 14.4. The molecule has 0 fully saturated rings. The molecule has 2 atom stereocenters. The van der Waals surface area contributed by atoms with Crippen molar-refractivity contribution in [1.82, 2.24) is 5.32 Å². The van der Waals surface area contributed by atoms with Gasteiger partial charge in [-0.3, -0.25) is 10.1 Å². The van der Waals surface area contributed by atoms with Gasteiger partial charge in [0, 0.05) is 6.04 Å². The third-order valence-electron chi connectivity index (χ3n) is 3.27. The van der Waals surface area contributed by atoms with Crippen LogP contribution < -0.4 is 5.32 Å². The van der Waals surface area contributed by atoms with Crippen LogP contribution in [0.2, 0.25) is 0 Å².